The average molecular weight is 216 g/mol. The molecule has 0 heterocycles. The zero-order valence-corrected chi connectivity index (χ0v) is 11.4. The number of hydrogen-bond donors (Lipinski definition) is 1. The first-order valence-electron chi connectivity index (χ1n) is 5.96. The second kappa shape index (κ2) is 5.31. The van der Waals surface area contributed by atoms with Crippen LogP contribution in [-0.2, 0) is 4.74 Å². The molecular weight excluding hydrogens is 188 g/mol. The summed E-state index contributed by atoms with van der Waals surface area (Å²) in [6.45, 7) is 14.3. The predicted molar refractivity (Wildman–Crippen MR) is 64.7 cm³/mol. The Morgan fingerprint density at radius 2 is 1.27 bits per heavy atom. The lowest BCUT2D eigenvalue weighted by atomic mass is 9.86. The molecule has 0 spiro atoms. The molecule has 0 aliphatic rings. The third kappa shape index (κ3) is 7.80. The summed E-state index contributed by atoms with van der Waals surface area (Å²) in [4.78, 5) is 0. The van der Waals surface area contributed by atoms with Crippen molar-refractivity contribution in [1.82, 2.24) is 0 Å². The Labute approximate surface area is 95.0 Å². The Kier molecular flexibility index (Phi) is 5.28. The lowest BCUT2D eigenvalue weighted by Crippen LogP contribution is -2.41. The second-order valence-corrected chi connectivity index (χ2v) is 6.19. The lowest BCUT2D eigenvalue weighted by Gasteiger charge is -2.38. The van der Waals surface area contributed by atoms with Gasteiger partial charge in [0.15, 0.2) is 5.79 Å². The van der Waals surface area contributed by atoms with E-state index in [2.05, 4.69) is 34.6 Å². The van der Waals surface area contributed by atoms with Crippen LogP contribution in [0.1, 0.15) is 61.3 Å². The summed E-state index contributed by atoms with van der Waals surface area (Å²) in [5.41, 5.74) is -0.222. The molecule has 92 valence electrons. The van der Waals surface area contributed by atoms with Crippen molar-refractivity contribution in [2.24, 2.45) is 11.8 Å². The van der Waals surface area contributed by atoms with Gasteiger partial charge in [-0.2, -0.15) is 0 Å². The van der Waals surface area contributed by atoms with Gasteiger partial charge in [-0.3, -0.25) is 0 Å². The topological polar surface area (TPSA) is 29.5 Å². The highest BCUT2D eigenvalue weighted by molar-refractivity contribution is 4.80. The van der Waals surface area contributed by atoms with E-state index in [1.807, 2.05) is 0 Å². The molecule has 0 unspecified atom stereocenters. The normalized spacial score (nSPS) is 14.0. The van der Waals surface area contributed by atoms with Gasteiger partial charge in [0.2, 0.25) is 0 Å². The van der Waals surface area contributed by atoms with E-state index in [-0.39, 0.29) is 5.60 Å². The highest BCUT2D eigenvalue weighted by Crippen LogP contribution is 2.31. The number of aliphatic hydroxyl groups is 1. The molecule has 0 amide bonds. The van der Waals surface area contributed by atoms with Gasteiger partial charge in [0.05, 0.1) is 5.60 Å². The van der Waals surface area contributed by atoms with Crippen LogP contribution in [0.4, 0.5) is 0 Å². The molecule has 0 aliphatic heterocycles. The molecule has 0 saturated heterocycles. The third-order valence-electron chi connectivity index (χ3n) is 2.18. The molecule has 0 bridgehead atoms. The molecule has 1 N–H and O–H groups in total. The van der Waals surface area contributed by atoms with Gasteiger partial charge in [0.25, 0.3) is 0 Å². The first-order valence-corrected chi connectivity index (χ1v) is 5.96. The van der Waals surface area contributed by atoms with Crippen LogP contribution >= 0.6 is 0 Å². The van der Waals surface area contributed by atoms with Crippen LogP contribution in [0.15, 0.2) is 0 Å². The number of ether oxygens (including phenoxy) is 1. The third-order valence-corrected chi connectivity index (χ3v) is 2.18. The molecule has 0 aromatic rings. The summed E-state index contributed by atoms with van der Waals surface area (Å²) >= 11 is 0. The van der Waals surface area contributed by atoms with Gasteiger partial charge >= 0.3 is 0 Å². The largest absolute Gasteiger partial charge is 0.366 e. The maximum atomic E-state index is 9.76. The quantitative estimate of drug-likeness (QED) is 0.688. The molecular formula is C13H28O2. The van der Waals surface area contributed by atoms with Crippen LogP contribution < -0.4 is 0 Å². The Balaban J connectivity index is 4.54. The molecule has 0 fully saturated rings. The minimum atomic E-state index is -1.04. The summed E-state index contributed by atoms with van der Waals surface area (Å²) < 4.78 is 5.80. The van der Waals surface area contributed by atoms with Crippen LogP contribution in [0.3, 0.4) is 0 Å². The standard InChI is InChI=1S/C13H28O2/c1-10(2)8-13(7,9-11(3)4)15-12(5,6)14/h10-11,14H,8-9H2,1-7H3. The van der Waals surface area contributed by atoms with Crippen molar-refractivity contribution in [2.45, 2.75) is 72.7 Å². The number of hydrogen-bond acceptors (Lipinski definition) is 2. The molecule has 15 heavy (non-hydrogen) atoms. The fourth-order valence-electron chi connectivity index (χ4n) is 2.50. The van der Waals surface area contributed by atoms with Crippen LogP contribution in [0.5, 0.6) is 0 Å². The van der Waals surface area contributed by atoms with Crippen LogP contribution in [0, 0.1) is 11.8 Å². The minimum absolute atomic E-state index is 0.222. The SMILES string of the molecule is CC(C)CC(C)(CC(C)C)OC(C)(C)O. The molecule has 0 radical (unpaired) electrons. The van der Waals surface area contributed by atoms with Gasteiger partial charge in [-0.05, 0) is 45.4 Å². The van der Waals surface area contributed by atoms with E-state index in [0.717, 1.165) is 12.8 Å². The molecule has 0 aliphatic carbocycles. The van der Waals surface area contributed by atoms with Gasteiger partial charge in [0.1, 0.15) is 0 Å². The van der Waals surface area contributed by atoms with Gasteiger partial charge in [-0.15, -0.1) is 0 Å². The highest BCUT2D eigenvalue weighted by atomic mass is 16.6. The smallest absolute Gasteiger partial charge is 0.160 e. The average Bonchev–Trinajstić information content (AvgIpc) is 1.73. The molecule has 0 saturated carbocycles. The van der Waals surface area contributed by atoms with Crippen molar-refractivity contribution >= 4 is 0 Å². The van der Waals surface area contributed by atoms with E-state index in [0.29, 0.717) is 11.8 Å². The maximum Gasteiger partial charge on any atom is 0.160 e. The zero-order chi connectivity index (χ0) is 12.3. The van der Waals surface area contributed by atoms with E-state index >= 15 is 0 Å². The van der Waals surface area contributed by atoms with Gasteiger partial charge < -0.3 is 9.84 Å². The predicted octanol–water partition coefficient (Wildman–Crippen LogP) is 3.58. The molecule has 2 heteroatoms. The van der Waals surface area contributed by atoms with Crippen LogP contribution in [-0.4, -0.2) is 16.5 Å². The minimum Gasteiger partial charge on any atom is -0.366 e. The fraction of sp³-hybridized carbons (Fsp3) is 1.00. The van der Waals surface area contributed by atoms with Crippen molar-refractivity contribution in [3.63, 3.8) is 0 Å². The Hall–Kier alpha value is -0.0800. The maximum absolute atomic E-state index is 9.76. The first-order chi connectivity index (χ1) is 6.54. The van der Waals surface area contributed by atoms with Gasteiger partial charge in [-0.25, -0.2) is 0 Å². The summed E-state index contributed by atoms with van der Waals surface area (Å²) in [5.74, 6) is 0.116. The van der Waals surface area contributed by atoms with Gasteiger partial charge in [0, 0.05) is 0 Å². The first kappa shape index (κ1) is 14.9. The van der Waals surface area contributed by atoms with Gasteiger partial charge in [-0.1, -0.05) is 27.7 Å². The second-order valence-electron chi connectivity index (χ2n) is 6.19. The van der Waals surface area contributed by atoms with Crippen LogP contribution in [0.25, 0.3) is 0 Å². The highest BCUT2D eigenvalue weighted by Gasteiger charge is 2.32. The van der Waals surface area contributed by atoms with Crippen molar-refractivity contribution in [3.05, 3.63) is 0 Å². The number of rotatable bonds is 6. The van der Waals surface area contributed by atoms with Crippen molar-refractivity contribution in [1.29, 1.82) is 0 Å². The van der Waals surface area contributed by atoms with E-state index < -0.39 is 5.79 Å². The fourth-order valence-corrected chi connectivity index (χ4v) is 2.50. The van der Waals surface area contributed by atoms with E-state index in [9.17, 15) is 5.11 Å². The molecule has 0 rings (SSSR count). The van der Waals surface area contributed by atoms with E-state index in [4.69, 9.17) is 4.74 Å². The zero-order valence-electron chi connectivity index (χ0n) is 11.4. The van der Waals surface area contributed by atoms with E-state index in [1.165, 1.54) is 0 Å². The van der Waals surface area contributed by atoms with E-state index in [1.54, 1.807) is 13.8 Å². The Bertz CT molecular complexity index is 167. The van der Waals surface area contributed by atoms with Crippen molar-refractivity contribution in [2.75, 3.05) is 0 Å². The lowest BCUT2D eigenvalue weighted by molar-refractivity contribution is -0.248. The Morgan fingerprint density at radius 1 is 0.933 bits per heavy atom. The van der Waals surface area contributed by atoms with Crippen LogP contribution in [0.2, 0.25) is 0 Å². The van der Waals surface area contributed by atoms with Crippen molar-refractivity contribution < 1.29 is 9.84 Å². The summed E-state index contributed by atoms with van der Waals surface area (Å²) in [6.07, 6.45) is 1.96. The summed E-state index contributed by atoms with van der Waals surface area (Å²) in [5, 5.41) is 9.76. The monoisotopic (exact) mass is 216 g/mol. The molecule has 0 aromatic heterocycles. The molecule has 0 atom stereocenters. The van der Waals surface area contributed by atoms with Crippen molar-refractivity contribution in [3.8, 4) is 0 Å². The summed E-state index contributed by atoms with van der Waals surface area (Å²) in [6, 6.07) is 0. The molecule has 0 aromatic carbocycles. The summed E-state index contributed by atoms with van der Waals surface area (Å²) in [7, 11) is 0. The Morgan fingerprint density at radius 3 is 1.47 bits per heavy atom. The molecule has 2 nitrogen and oxygen atoms in total.